The van der Waals surface area contributed by atoms with Crippen LogP contribution in [0.15, 0.2) is 0 Å². The van der Waals surface area contributed by atoms with Crippen molar-refractivity contribution >= 4 is 6.29 Å². The van der Waals surface area contributed by atoms with Crippen LogP contribution in [-0.4, -0.2) is 6.29 Å². The van der Waals surface area contributed by atoms with Crippen LogP contribution in [0.5, 0.6) is 0 Å². The summed E-state index contributed by atoms with van der Waals surface area (Å²) in [5.41, 5.74) is 0. The van der Waals surface area contributed by atoms with E-state index in [1.165, 1.54) is 0 Å². The molecule has 1 radical (unpaired) electrons. The van der Waals surface area contributed by atoms with E-state index >= 15 is 0 Å². The number of hydrogen-bond donors (Lipinski definition) is 0. The van der Waals surface area contributed by atoms with Gasteiger partial charge in [-0.3, -0.25) is 4.79 Å². The van der Waals surface area contributed by atoms with Gasteiger partial charge in [-0.15, -0.1) is 5.92 Å². The van der Waals surface area contributed by atoms with E-state index in [1.807, 2.05) is 0 Å². The molecule has 0 bridgehead atoms. The first-order valence-corrected chi connectivity index (χ1v) is 2.72. The van der Waals surface area contributed by atoms with Gasteiger partial charge in [-0.2, -0.15) is 0 Å². The molecule has 1 heteroatoms. The molecular formula is C7H9O. The highest BCUT2D eigenvalue weighted by atomic mass is 16.1. The third-order valence-corrected chi connectivity index (χ3v) is 0.661. The van der Waals surface area contributed by atoms with Crippen molar-refractivity contribution in [3.63, 3.8) is 0 Å². The van der Waals surface area contributed by atoms with Crippen molar-refractivity contribution in [2.45, 2.75) is 26.2 Å². The van der Waals surface area contributed by atoms with Crippen LogP contribution in [0, 0.1) is 11.8 Å². The predicted octanol–water partition coefficient (Wildman–Crippen LogP) is 1.29. The van der Waals surface area contributed by atoms with E-state index in [0.29, 0.717) is 0 Å². The topological polar surface area (TPSA) is 17.1 Å². The van der Waals surface area contributed by atoms with Crippen LogP contribution in [-0.2, 0) is 4.79 Å². The maximum absolute atomic E-state index is 9.54. The van der Waals surface area contributed by atoms with Gasteiger partial charge in [-0.1, -0.05) is 12.8 Å². The Hall–Kier alpha value is -0.770. The molecule has 0 rings (SSSR count). The lowest BCUT2D eigenvalue weighted by molar-refractivity contribution is 0.556. The maximum Gasteiger partial charge on any atom is 0.211 e. The molecule has 43 valence electrons. The maximum atomic E-state index is 9.54. The number of hydrogen-bond acceptors (Lipinski definition) is 1. The lowest BCUT2D eigenvalue weighted by Gasteiger charge is -1.73. The lowest BCUT2D eigenvalue weighted by Crippen LogP contribution is -1.66. The Labute approximate surface area is 50.1 Å². The lowest BCUT2D eigenvalue weighted by atomic mass is 10.3. The molecule has 0 heterocycles. The molecule has 0 aromatic heterocycles. The summed E-state index contributed by atoms with van der Waals surface area (Å²) in [4.78, 5) is 9.54. The predicted molar refractivity (Wildman–Crippen MR) is 33.0 cm³/mol. The van der Waals surface area contributed by atoms with Crippen molar-refractivity contribution in [1.29, 1.82) is 0 Å². The minimum atomic E-state index is 0.264. The van der Waals surface area contributed by atoms with E-state index in [2.05, 4.69) is 18.8 Å². The standard InChI is InChI=1S/C7H9O/c1-2-3-4-5-6-7-8/h2-3,6H2,1H3. The van der Waals surface area contributed by atoms with Gasteiger partial charge in [-0.05, 0) is 6.42 Å². The van der Waals surface area contributed by atoms with Gasteiger partial charge >= 0.3 is 0 Å². The summed E-state index contributed by atoms with van der Waals surface area (Å²) in [6.45, 7) is 2.05. The molecule has 0 unspecified atom stereocenters. The highest BCUT2D eigenvalue weighted by molar-refractivity contribution is 5.54. The fourth-order valence-corrected chi connectivity index (χ4v) is 0.312. The molecule has 0 aliphatic carbocycles. The Morgan fingerprint density at radius 3 is 2.62 bits per heavy atom. The fourth-order valence-electron chi connectivity index (χ4n) is 0.312. The summed E-state index contributed by atoms with van der Waals surface area (Å²) in [6.07, 6.45) is 3.92. The minimum absolute atomic E-state index is 0.264. The number of carbonyl (C=O) groups excluding carboxylic acids is 1. The van der Waals surface area contributed by atoms with Crippen LogP contribution in [0.2, 0.25) is 0 Å². The molecular weight excluding hydrogens is 100 g/mol. The van der Waals surface area contributed by atoms with Crippen molar-refractivity contribution in [2.24, 2.45) is 0 Å². The van der Waals surface area contributed by atoms with Crippen molar-refractivity contribution in [3.8, 4) is 11.8 Å². The molecule has 0 amide bonds. The smallest absolute Gasteiger partial charge is 0.211 e. The van der Waals surface area contributed by atoms with Gasteiger partial charge in [0, 0.05) is 6.42 Å². The van der Waals surface area contributed by atoms with E-state index in [0.717, 1.165) is 12.8 Å². The van der Waals surface area contributed by atoms with E-state index in [4.69, 9.17) is 0 Å². The highest BCUT2D eigenvalue weighted by Crippen LogP contribution is 1.80. The average molecular weight is 109 g/mol. The first-order valence-electron chi connectivity index (χ1n) is 2.72. The Kier molecular flexibility index (Phi) is 5.63. The Morgan fingerprint density at radius 2 is 2.12 bits per heavy atom. The van der Waals surface area contributed by atoms with Crippen LogP contribution in [0.3, 0.4) is 0 Å². The Morgan fingerprint density at radius 1 is 1.38 bits per heavy atom. The molecule has 0 aromatic rings. The summed E-state index contributed by atoms with van der Waals surface area (Å²) in [5, 5.41) is 0. The van der Waals surface area contributed by atoms with Crippen molar-refractivity contribution in [1.82, 2.24) is 0 Å². The summed E-state index contributed by atoms with van der Waals surface area (Å²) in [7, 11) is 0. The van der Waals surface area contributed by atoms with E-state index in [9.17, 15) is 4.79 Å². The van der Waals surface area contributed by atoms with Crippen LogP contribution >= 0.6 is 0 Å². The first-order chi connectivity index (χ1) is 3.91. The minimum Gasteiger partial charge on any atom is -0.290 e. The summed E-state index contributed by atoms with van der Waals surface area (Å²) < 4.78 is 0. The number of rotatable bonds is 2. The largest absolute Gasteiger partial charge is 0.290 e. The SMILES string of the molecule is CCCC#CC[C]=O. The second kappa shape index (κ2) is 6.23. The van der Waals surface area contributed by atoms with Gasteiger partial charge in [0.2, 0.25) is 6.29 Å². The quantitative estimate of drug-likeness (QED) is 0.488. The molecule has 8 heavy (non-hydrogen) atoms. The van der Waals surface area contributed by atoms with Crippen molar-refractivity contribution < 1.29 is 4.79 Å². The Balaban J connectivity index is 3.07. The number of unbranched alkanes of at least 4 members (excludes halogenated alkanes) is 1. The van der Waals surface area contributed by atoms with Crippen LogP contribution in [0.25, 0.3) is 0 Å². The molecule has 0 spiro atoms. The normalized spacial score (nSPS) is 7.12. The molecule has 0 aromatic carbocycles. The Bertz CT molecular complexity index is 105. The zero-order valence-electron chi connectivity index (χ0n) is 5.03. The summed E-state index contributed by atoms with van der Waals surface area (Å²) >= 11 is 0. The third-order valence-electron chi connectivity index (χ3n) is 0.661. The average Bonchev–Trinajstić information content (AvgIpc) is 1.81. The van der Waals surface area contributed by atoms with E-state index < -0.39 is 0 Å². The molecule has 0 aliphatic heterocycles. The molecule has 0 saturated carbocycles. The molecule has 0 fully saturated rings. The summed E-state index contributed by atoms with van der Waals surface area (Å²) in [5.74, 6) is 5.49. The van der Waals surface area contributed by atoms with Crippen molar-refractivity contribution in [3.05, 3.63) is 0 Å². The first kappa shape index (κ1) is 7.23. The van der Waals surface area contributed by atoms with E-state index in [1.54, 1.807) is 6.29 Å². The summed E-state index contributed by atoms with van der Waals surface area (Å²) in [6, 6.07) is 0. The van der Waals surface area contributed by atoms with Gasteiger partial charge in [0.15, 0.2) is 0 Å². The van der Waals surface area contributed by atoms with Crippen LogP contribution < -0.4 is 0 Å². The molecule has 0 saturated heterocycles. The zero-order valence-corrected chi connectivity index (χ0v) is 5.03. The zero-order chi connectivity index (χ0) is 6.24. The third kappa shape index (κ3) is 5.23. The molecule has 0 atom stereocenters. The van der Waals surface area contributed by atoms with Crippen molar-refractivity contribution in [2.75, 3.05) is 0 Å². The van der Waals surface area contributed by atoms with Gasteiger partial charge < -0.3 is 0 Å². The van der Waals surface area contributed by atoms with E-state index in [-0.39, 0.29) is 6.42 Å². The van der Waals surface area contributed by atoms with Gasteiger partial charge in [0.25, 0.3) is 0 Å². The second-order valence-electron chi connectivity index (χ2n) is 1.42. The van der Waals surface area contributed by atoms with Gasteiger partial charge in [0.1, 0.15) is 0 Å². The monoisotopic (exact) mass is 109 g/mol. The molecule has 1 nitrogen and oxygen atoms in total. The van der Waals surface area contributed by atoms with Gasteiger partial charge in [0.05, 0.1) is 6.42 Å². The van der Waals surface area contributed by atoms with Crippen LogP contribution in [0.4, 0.5) is 0 Å². The highest BCUT2D eigenvalue weighted by Gasteiger charge is 1.70. The second-order valence-corrected chi connectivity index (χ2v) is 1.42. The van der Waals surface area contributed by atoms with Gasteiger partial charge in [-0.25, -0.2) is 0 Å². The fraction of sp³-hybridized carbons (Fsp3) is 0.571. The van der Waals surface area contributed by atoms with Crippen LogP contribution in [0.1, 0.15) is 26.2 Å². The molecule has 0 aliphatic rings. The molecule has 0 N–H and O–H groups in total.